The minimum absolute atomic E-state index is 0.263. The van der Waals surface area contributed by atoms with Crippen LogP contribution in [0.15, 0.2) is 6.20 Å². The molecule has 1 aromatic heterocycles. The average Bonchev–Trinajstić information content (AvgIpc) is 2.69. The number of aromatic nitrogens is 2. The van der Waals surface area contributed by atoms with Crippen molar-refractivity contribution in [2.24, 2.45) is 0 Å². The number of hydrogen-bond acceptors (Lipinski definition) is 2. The maximum atomic E-state index is 12.2. The van der Waals surface area contributed by atoms with Crippen LogP contribution in [0.5, 0.6) is 0 Å². The predicted octanol–water partition coefficient (Wildman–Crippen LogP) is 2.81. The van der Waals surface area contributed by atoms with E-state index in [2.05, 4.69) is 43.4 Å². The van der Waals surface area contributed by atoms with Crippen LogP contribution in [-0.2, 0) is 11.3 Å². The van der Waals surface area contributed by atoms with E-state index in [0.717, 1.165) is 25.2 Å². The summed E-state index contributed by atoms with van der Waals surface area (Å²) in [6.45, 7) is 11.2. The Morgan fingerprint density at radius 1 is 1.32 bits per heavy atom. The standard InChI is InChI=1S/C15H26N3O/c1-12(2)18(13(3)4)15(19)8-6-7-10-17-11-9-16-14(17)5/h11-13H,6-8,10H2,1-5H3. The van der Waals surface area contributed by atoms with Gasteiger partial charge in [0.15, 0.2) is 0 Å². The molecule has 0 aromatic carbocycles. The van der Waals surface area contributed by atoms with Crippen molar-refractivity contribution in [3.8, 4) is 0 Å². The fourth-order valence-corrected chi connectivity index (χ4v) is 2.44. The Hall–Kier alpha value is -1.32. The molecule has 0 unspecified atom stereocenters. The summed E-state index contributed by atoms with van der Waals surface area (Å²) in [7, 11) is 0. The molecule has 1 aromatic rings. The van der Waals surface area contributed by atoms with E-state index in [4.69, 9.17) is 0 Å². The second-order valence-electron chi connectivity index (χ2n) is 5.56. The van der Waals surface area contributed by atoms with E-state index in [9.17, 15) is 4.79 Å². The van der Waals surface area contributed by atoms with Crippen LogP contribution in [0, 0.1) is 13.1 Å². The summed E-state index contributed by atoms with van der Waals surface area (Å²) in [5.41, 5.74) is 0. The number of rotatable bonds is 7. The minimum atomic E-state index is 0.263. The van der Waals surface area contributed by atoms with Crippen LogP contribution in [0.25, 0.3) is 0 Å². The Morgan fingerprint density at radius 3 is 2.42 bits per heavy atom. The molecule has 19 heavy (non-hydrogen) atoms. The van der Waals surface area contributed by atoms with E-state index >= 15 is 0 Å². The van der Waals surface area contributed by atoms with Crippen LogP contribution < -0.4 is 0 Å². The smallest absolute Gasteiger partial charge is 0.223 e. The Bertz CT molecular complexity index is 388. The zero-order chi connectivity index (χ0) is 14.4. The fraction of sp³-hybridized carbons (Fsp3) is 0.733. The molecule has 4 nitrogen and oxygen atoms in total. The molecule has 0 bridgehead atoms. The summed E-state index contributed by atoms with van der Waals surface area (Å²) < 4.78 is 2.08. The van der Waals surface area contributed by atoms with Gasteiger partial charge in [-0.1, -0.05) is 0 Å². The summed E-state index contributed by atoms with van der Waals surface area (Å²) in [5, 5.41) is 0. The van der Waals surface area contributed by atoms with Gasteiger partial charge in [0, 0.05) is 31.2 Å². The first-order valence-electron chi connectivity index (χ1n) is 7.14. The fourth-order valence-electron chi connectivity index (χ4n) is 2.44. The van der Waals surface area contributed by atoms with Crippen molar-refractivity contribution in [1.82, 2.24) is 14.5 Å². The number of carbonyl (C=O) groups excluding carboxylic acids is 1. The lowest BCUT2D eigenvalue weighted by Gasteiger charge is -2.30. The molecule has 0 saturated heterocycles. The van der Waals surface area contributed by atoms with Gasteiger partial charge in [-0.25, -0.2) is 4.98 Å². The van der Waals surface area contributed by atoms with Gasteiger partial charge in [0.25, 0.3) is 0 Å². The lowest BCUT2D eigenvalue weighted by Crippen LogP contribution is -2.41. The minimum Gasteiger partial charge on any atom is -0.338 e. The molecule has 0 saturated carbocycles. The molecule has 1 amide bonds. The average molecular weight is 264 g/mol. The number of carbonyl (C=O) groups is 1. The van der Waals surface area contributed by atoms with Crippen molar-refractivity contribution in [3.63, 3.8) is 0 Å². The molecular weight excluding hydrogens is 238 g/mol. The molecule has 4 heteroatoms. The summed E-state index contributed by atoms with van der Waals surface area (Å²) in [5.74, 6) is 1.25. The maximum Gasteiger partial charge on any atom is 0.223 e. The molecular formula is C15H26N3O. The van der Waals surface area contributed by atoms with E-state index in [1.807, 2.05) is 18.0 Å². The first-order valence-corrected chi connectivity index (χ1v) is 7.14. The molecule has 1 radical (unpaired) electrons. The number of imidazole rings is 1. The SMILES string of the molecule is Cc1n[c]cn1CCCCC(=O)N(C(C)C)C(C)C. The summed E-state index contributed by atoms with van der Waals surface area (Å²) in [4.78, 5) is 18.2. The molecule has 0 aliphatic rings. The number of amides is 1. The largest absolute Gasteiger partial charge is 0.338 e. The van der Waals surface area contributed by atoms with Crippen molar-refractivity contribution >= 4 is 5.91 Å². The van der Waals surface area contributed by atoms with Crippen molar-refractivity contribution in [3.05, 3.63) is 18.2 Å². The van der Waals surface area contributed by atoms with Crippen molar-refractivity contribution in [2.45, 2.75) is 72.5 Å². The maximum absolute atomic E-state index is 12.2. The van der Waals surface area contributed by atoms with Gasteiger partial charge in [0.1, 0.15) is 12.0 Å². The lowest BCUT2D eigenvalue weighted by molar-refractivity contribution is -0.134. The zero-order valence-corrected chi connectivity index (χ0v) is 12.8. The highest BCUT2D eigenvalue weighted by molar-refractivity contribution is 5.76. The Kier molecular flexibility index (Phi) is 6.06. The summed E-state index contributed by atoms with van der Waals surface area (Å²) in [6, 6.07) is 0.552. The van der Waals surface area contributed by atoms with Gasteiger partial charge < -0.3 is 9.47 Å². The van der Waals surface area contributed by atoms with E-state index in [1.54, 1.807) is 0 Å². The predicted molar refractivity (Wildman–Crippen MR) is 76.8 cm³/mol. The third kappa shape index (κ3) is 4.69. The Balaban J connectivity index is 2.32. The van der Waals surface area contributed by atoms with Crippen molar-refractivity contribution in [2.75, 3.05) is 0 Å². The van der Waals surface area contributed by atoms with E-state index in [-0.39, 0.29) is 18.0 Å². The quantitative estimate of drug-likeness (QED) is 0.710. The number of nitrogens with zero attached hydrogens (tertiary/aromatic N) is 3. The summed E-state index contributed by atoms with van der Waals surface area (Å²) >= 11 is 0. The monoisotopic (exact) mass is 264 g/mol. The van der Waals surface area contributed by atoms with E-state index in [1.165, 1.54) is 0 Å². The molecule has 1 heterocycles. The molecule has 0 fully saturated rings. The number of unbranched alkanes of at least 4 members (excludes halogenated alkanes) is 1. The molecule has 0 spiro atoms. The van der Waals surface area contributed by atoms with Gasteiger partial charge in [-0.15, -0.1) is 0 Å². The van der Waals surface area contributed by atoms with Crippen LogP contribution in [-0.4, -0.2) is 32.4 Å². The first kappa shape index (κ1) is 15.7. The van der Waals surface area contributed by atoms with Crippen LogP contribution in [0.4, 0.5) is 0 Å². The van der Waals surface area contributed by atoms with Gasteiger partial charge in [-0.2, -0.15) is 0 Å². The Morgan fingerprint density at radius 2 is 1.95 bits per heavy atom. The van der Waals surface area contributed by atoms with Gasteiger partial charge in [0.05, 0.1) is 0 Å². The topological polar surface area (TPSA) is 38.1 Å². The van der Waals surface area contributed by atoms with Gasteiger partial charge in [0.2, 0.25) is 5.91 Å². The normalized spacial score (nSPS) is 11.3. The van der Waals surface area contributed by atoms with Crippen molar-refractivity contribution in [1.29, 1.82) is 0 Å². The highest BCUT2D eigenvalue weighted by Gasteiger charge is 2.19. The zero-order valence-electron chi connectivity index (χ0n) is 12.8. The van der Waals surface area contributed by atoms with Gasteiger partial charge in [-0.3, -0.25) is 4.79 Å². The lowest BCUT2D eigenvalue weighted by atomic mass is 10.1. The molecule has 0 aliphatic heterocycles. The number of hydrogen-bond donors (Lipinski definition) is 0. The second-order valence-corrected chi connectivity index (χ2v) is 5.56. The molecule has 0 atom stereocenters. The highest BCUT2D eigenvalue weighted by atomic mass is 16.2. The Labute approximate surface area is 116 Å². The third-order valence-electron chi connectivity index (χ3n) is 3.30. The van der Waals surface area contributed by atoms with Crippen LogP contribution >= 0.6 is 0 Å². The first-order chi connectivity index (χ1) is 8.93. The van der Waals surface area contributed by atoms with E-state index < -0.39 is 0 Å². The van der Waals surface area contributed by atoms with Crippen LogP contribution in [0.2, 0.25) is 0 Å². The second kappa shape index (κ2) is 7.31. The number of aryl methyl sites for hydroxylation is 2. The third-order valence-corrected chi connectivity index (χ3v) is 3.30. The highest BCUT2D eigenvalue weighted by Crippen LogP contribution is 2.10. The van der Waals surface area contributed by atoms with Gasteiger partial charge in [-0.05, 0) is 47.5 Å². The molecule has 107 valence electrons. The molecule has 0 N–H and O–H groups in total. The molecule has 0 aliphatic carbocycles. The summed E-state index contributed by atoms with van der Waals surface area (Å²) in [6.07, 6.45) is 7.26. The van der Waals surface area contributed by atoms with E-state index in [0.29, 0.717) is 6.42 Å². The van der Waals surface area contributed by atoms with Gasteiger partial charge >= 0.3 is 0 Å². The van der Waals surface area contributed by atoms with Crippen LogP contribution in [0.3, 0.4) is 0 Å². The molecule has 1 rings (SSSR count). The van der Waals surface area contributed by atoms with Crippen LogP contribution in [0.1, 0.15) is 52.8 Å². The van der Waals surface area contributed by atoms with Crippen molar-refractivity contribution < 1.29 is 4.79 Å².